The second-order valence-corrected chi connectivity index (χ2v) is 13.0. The maximum Gasteiger partial charge on any atom is 0.251 e. The Bertz CT molecular complexity index is 1890. The highest BCUT2D eigenvalue weighted by molar-refractivity contribution is 7.92. The number of anilines is 2. The van der Waals surface area contributed by atoms with E-state index in [0.717, 1.165) is 35.5 Å². The standard InChI is InChI=1S/C30H27F2N5O5S/c1-16-10-20(16)22-3-4-24-29(36-22)37(7-9-41-24)27-5-2-17-14-33-19(13-23(17)35-27)15-34-30(38)18-11-21(31)28-25(12-18)43(39,40)26(32)6-8-42-28/h2-5,11-14,16,20,26H,6-10,15H2,1H3,(H,34,38)/t16-,20-,26-/m1/s1. The van der Waals surface area contributed by atoms with Gasteiger partial charge in [0.25, 0.3) is 5.91 Å². The maximum absolute atomic E-state index is 14.7. The van der Waals surface area contributed by atoms with Gasteiger partial charge in [0.1, 0.15) is 17.3 Å². The summed E-state index contributed by atoms with van der Waals surface area (Å²) < 4.78 is 65.0. The Kier molecular flexibility index (Phi) is 6.64. The summed E-state index contributed by atoms with van der Waals surface area (Å²) >= 11 is 0. The number of alkyl halides is 1. The van der Waals surface area contributed by atoms with Gasteiger partial charge in [-0.2, -0.15) is 0 Å². The van der Waals surface area contributed by atoms with E-state index in [2.05, 4.69) is 17.2 Å². The molecule has 2 aliphatic heterocycles. The zero-order valence-electron chi connectivity index (χ0n) is 23.1. The van der Waals surface area contributed by atoms with Crippen molar-refractivity contribution in [3.8, 4) is 11.5 Å². The smallest absolute Gasteiger partial charge is 0.251 e. The third kappa shape index (κ3) is 5.01. The SMILES string of the molecule is C[C@@H]1C[C@H]1c1ccc2c(n1)N(c1ccc3cnc(CNC(=O)c4cc(F)c5c(c4)S(=O)(=O)[C@@H](F)CCO5)cc3n1)CCO2. The summed E-state index contributed by atoms with van der Waals surface area (Å²) in [6.45, 7) is 2.94. The van der Waals surface area contributed by atoms with Crippen molar-refractivity contribution in [3.63, 3.8) is 0 Å². The van der Waals surface area contributed by atoms with Crippen LogP contribution in [0.5, 0.6) is 11.5 Å². The van der Waals surface area contributed by atoms with E-state index in [1.807, 2.05) is 29.2 Å². The van der Waals surface area contributed by atoms with Gasteiger partial charge in [0.05, 0.1) is 30.9 Å². The molecule has 3 atom stereocenters. The van der Waals surface area contributed by atoms with E-state index in [-0.39, 0.29) is 18.7 Å². The van der Waals surface area contributed by atoms with Crippen LogP contribution >= 0.6 is 0 Å². The molecule has 43 heavy (non-hydrogen) atoms. The zero-order chi connectivity index (χ0) is 29.9. The number of hydrogen-bond acceptors (Lipinski definition) is 9. The van der Waals surface area contributed by atoms with Crippen LogP contribution in [0.15, 0.2) is 53.6 Å². The van der Waals surface area contributed by atoms with Crippen LogP contribution < -0.4 is 19.7 Å². The number of amides is 1. The lowest BCUT2D eigenvalue weighted by molar-refractivity contribution is 0.0949. The molecule has 3 aromatic heterocycles. The van der Waals surface area contributed by atoms with Crippen LogP contribution in [0, 0.1) is 11.7 Å². The average molecular weight is 608 g/mol. The number of sulfone groups is 1. The molecular weight excluding hydrogens is 580 g/mol. The number of pyridine rings is 3. The summed E-state index contributed by atoms with van der Waals surface area (Å²) in [5.41, 5.74) is -0.363. The largest absolute Gasteiger partial charge is 0.489 e. The first-order valence-electron chi connectivity index (χ1n) is 14.0. The number of nitrogens with one attached hydrogen (secondary N) is 1. The minimum atomic E-state index is -4.51. The van der Waals surface area contributed by atoms with Crippen molar-refractivity contribution in [2.45, 2.75) is 42.6 Å². The summed E-state index contributed by atoms with van der Waals surface area (Å²) in [4.78, 5) is 28.4. The number of nitrogens with zero attached hydrogens (tertiary/aromatic N) is 4. The molecule has 1 amide bonds. The van der Waals surface area contributed by atoms with E-state index in [1.165, 1.54) is 0 Å². The van der Waals surface area contributed by atoms with Gasteiger partial charge in [-0.05, 0) is 54.8 Å². The number of halogens is 2. The predicted molar refractivity (Wildman–Crippen MR) is 153 cm³/mol. The van der Waals surface area contributed by atoms with Crippen LogP contribution in [0.3, 0.4) is 0 Å². The highest BCUT2D eigenvalue weighted by Crippen LogP contribution is 2.48. The Morgan fingerprint density at radius 1 is 1.12 bits per heavy atom. The Morgan fingerprint density at radius 3 is 2.77 bits per heavy atom. The van der Waals surface area contributed by atoms with E-state index in [1.54, 1.807) is 12.3 Å². The normalized spacial score (nSPS) is 22.0. The third-order valence-corrected chi connectivity index (χ3v) is 9.83. The van der Waals surface area contributed by atoms with Crippen molar-refractivity contribution < 1.29 is 31.5 Å². The van der Waals surface area contributed by atoms with Crippen LogP contribution in [0.25, 0.3) is 10.9 Å². The summed E-state index contributed by atoms with van der Waals surface area (Å²) in [6.07, 6.45) is 2.33. The second kappa shape index (κ2) is 10.4. The van der Waals surface area contributed by atoms with Gasteiger partial charge in [-0.15, -0.1) is 0 Å². The van der Waals surface area contributed by atoms with Crippen LogP contribution in [0.2, 0.25) is 0 Å². The van der Waals surface area contributed by atoms with Crippen molar-refractivity contribution in [3.05, 3.63) is 71.4 Å². The van der Waals surface area contributed by atoms with Gasteiger partial charge in [-0.25, -0.2) is 27.2 Å². The fourth-order valence-electron chi connectivity index (χ4n) is 5.44. The number of ether oxygens (including phenoxy) is 2. The molecule has 1 aromatic carbocycles. The molecule has 0 unspecified atom stereocenters. The first kappa shape index (κ1) is 27.4. The van der Waals surface area contributed by atoms with Gasteiger partial charge >= 0.3 is 0 Å². The van der Waals surface area contributed by atoms with Crippen molar-refractivity contribution >= 4 is 38.3 Å². The molecule has 13 heteroatoms. The molecule has 1 aliphatic carbocycles. The molecule has 222 valence electrons. The number of aromatic nitrogens is 3. The van der Waals surface area contributed by atoms with Crippen molar-refractivity contribution in [1.29, 1.82) is 0 Å². The Labute approximate surface area is 246 Å². The van der Waals surface area contributed by atoms with E-state index in [0.29, 0.717) is 47.8 Å². The van der Waals surface area contributed by atoms with E-state index in [4.69, 9.17) is 19.4 Å². The van der Waals surface area contributed by atoms with Crippen LogP contribution in [0.1, 0.15) is 47.4 Å². The molecule has 0 radical (unpaired) electrons. The van der Waals surface area contributed by atoms with Crippen molar-refractivity contribution in [2.24, 2.45) is 5.92 Å². The first-order chi connectivity index (χ1) is 20.7. The molecule has 4 aromatic rings. The molecule has 1 saturated carbocycles. The first-order valence-corrected chi connectivity index (χ1v) is 15.5. The fraction of sp³-hybridized carbons (Fsp3) is 0.333. The molecule has 7 rings (SSSR count). The quantitative estimate of drug-likeness (QED) is 0.347. The lowest BCUT2D eigenvalue weighted by Crippen LogP contribution is -2.30. The Hall–Kier alpha value is -4.39. The highest BCUT2D eigenvalue weighted by Gasteiger charge is 2.37. The van der Waals surface area contributed by atoms with Gasteiger partial charge in [0.2, 0.25) is 15.3 Å². The molecule has 1 N–H and O–H groups in total. The molecule has 0 spiro atoms. The average Bonchev–Trinajstić information content (AvgIpc) is 3.76. The molecule has 0 bridgehead atoms. The fourth-order valence-corrected chi connectivity index (χ4v) is 6.83. The number of rotatable bonds is 5. The van der Waals surface area contributed by atoms with E-state index in [9.17, 15) is 22.0 Å². The number of hydrogen-bond donors (Lipinski definition) is 1. The minimum absolute atomic E-state index is 0.0424. The van der Waals surface area contributed by atoms with Gasteiger partial charge in [-0.3, -0.25) is 9.78 Å². The molecular formula is C30H27F2N5O5S. The van der Waals surface area contributed by atoms with Crippen LogP contribution in [-0.4, -0.2) is 54.5 Å². The molecule has 1 fully saturated rings. The summed E-state index contributed by atoms with van der Waals surface area (Å²) in [5, 5.41) is 3.41. The van der Waals surface area contributed by atoms with Gasteiger partial charge in [-0.1, -0.05) is 6.92 Å². The summed E-state index contributed by atoms with van der Waals surface area (Å²) in [7, 11) is -4.51. The topological polar surface area (TPSA) is 124 Å². The molecule has 3 aliphatic rings. The van der Waals surface area contributed by atoms with Gasteiger partial charge in [0, 0.05) is 35.2 Å². The van der Waals surface area contributed by atoms with Gasteiger partial charge < -0.3 is 19.7 Å². The number of fused-ring (bicyclic) bond motifs is 3. The van der Waals surface area contributed by atoms with Crippen molar-refractivity contribution in [1.82, 2.24) is 20.3 Å². The highest BCUT2D eigenvalue weighted by atomic mass is 32.2. The lowest BCUT2D eigenvalue weighted by Gasteiger charge is -2.29. The summed E-state index contributed by atoms with van der Waals surface area (Å²) in [5.74, 6) is 0.829. The maximum atomic E-state index is 14.7. The number of benzene rings is 1. The number of carbonyl (C=O) groups excluding carboxylic acids is 1. The Morgan fingerprint density at radius 2 is 1.95 bits per heavy atom. The van der Waals surface area contributed by atoms with Crippen molar-refractivity contribution in [2.75, 3.05) is 24.7 Å². The van der Waals surface area contributed by atoms with Gasteiger partial charge in [0.15, 0.2) is 23.1 Å². The van der Waals surface area contributed by atoms with Crippen LogP contribution in [-0.2, 0) is 16.4 Å². The molecule has 0 saturated heterocycles. The predicted octanol–water partition coefficient (Wildman–Crippen LogP) is 4.60. The zero-order valence-corrected chi connectivity index (χ0v) is 23.9. The van der Waals surface area contributed by atoms with E-state index < -0.39 is 44.1 Å². The second-order valence-electron chi connectivity index (χ2n) is 11.0. The third-order valence-electron chi connectivity index (χ3n) is 8.01. The summed E-state index contributed by atoms with van der Waals surface area (Å²) in [6, 6.07) is 11.4. The van der Waals surface area contributed by atoms with Crippen LogP contribution in [0.4, 0.5) is 20.4 Å². The monoisotopic (exact) mass is 607 g/mol. The number of carbonyl (C=O) groups is 1. The molecule has 10 nitrogen and oxygen atoms in total. The molecule has 5 heterocycles. The Balaban J connectivity index is 1.12. The lowest BCUT2D eigenvalue weighted by atomic mass is 10.2. The minimum Gasteiger partial charge on any atom is -0.489 e. The van der Waals surface area contributed by atoms with E-state index >= 15 is 0 Å².